The largest absolute Gasteiger partial charge is 0.508 e. The molecule has 8 rings (SSSR count). The number of carbonyl (C=O) groups is 2. The molecule has 16 N–H and O–H groups in total. The summed E-state index contributed by atoms with van der Waals surface area (Å²) >= 11 is 0. The van der Waals surface area contributed by atoms with Gasteiger partial charge in [0.2, 0.25) is 11.5 Å². The molecule has 4 atom stereocenters. The maximum Gasteiger partial charge on any atom is 0.338 e. The highest BCUT2D eigenvalue weighted by atomic mass is 16.6. The Bertz CT molecular complexity index is 2790. The van der Waals surface area contributed by atoms with Crippen molar-refractivity contribution in [1.29, 1.82) is 0 Å². The van der Waals surface area contributed by atoms with Gasteiger partial charge in [-0.25, -0.2) is 9.59 Å². The molecule has 0 aliphatic carbocycles. The van der Waals surface area contributed by atoms with Gasteiger partial charge in [0.15, 0.2) is 69.7 Å². The van der Waals surface area contributed by atoms with E-state index in [9.17, 15) is 91.3 Å². The first kappa shape index (κ1) is 43.3. The first-order valence-electron chi connectivity index (χ1n) is 19.0. The number of rotatable bonds is 7. The van der Waals surface area contributed by atoms with E-state index < -0.39 is 175 Å². The van der Waals surface area contributed by atoms with Crippen LogP contribution in [0.25, 0.3) is 11.1 Å². The monoisotopic (exact) mass is 914 g/mol. The van der Waals surface area contributed by atoms with E-state index in [1.807, 2.05) is 0 Å². The Morgan fingerprint density at radius 2 is 0.712 bits per heavy atom. The third-order valence-corrected chi connectivity index (χ3v) is 10.9. The van der Waals surface area contributed by atoms with E-state index in [0.29, 0.717) is 0 Å². The molecule has 342 valence electrons. The molecule has 2 aliphatic rings. The third kappa shape index (κ3) is 7.32. The van der Waals surface area contributed by atoms with Gasteiger partial charge in [-0.05, 0) is 36.4 Å². The molecule has 2 heterocycles. The Balaban J connectivity index is 1.34. The first-order chi connectivity index (χ1) is 31.1. The summed E-state index contributed by atoms with van der Waals surface area (Å²) in [6, 6.07) is 8.30. The van der Waals surface area contributed by atoms with E-state index in [2.05, 4.69) is 0 Å². The molecule has 66 heavy (non-hydrogen) atoms. The fourth-order valence-electron chi connectivity index (χ4n) is 7.79. The zero-order chi connectivity index (χ0) is 47.8. The Kier molecular flexibility index (Phi) is 10.4. The van der Waals surface area contributed by atoms with Crippen LogP contribution in [0.2, 0.25) is 0 Å². The summed E-state index contributed by atoms with van der Waals surface area (Å²) in [6.45, 7) is 0. The lowest BCUT2D eigenvalue weighted by Gasteiger charge is -2.37. The Labute approximate surface area is 367 Å². The van der Waals surface area contributed by atoms with Crippen LogP contribution in [0, 0.1) is 0 Å². The van der Waals surface area contributed by atoms with Crippen LogP contribution in [0.15, 0.2) is 60.7 Å². The molecular weight excluding hydrogens is 880 g/mol. The Hall–Kier alpha value is -9.34. The van der Waals surface area contributed by atoms with Gasteiger partial charge in [-0.1, -0.05) is 0 Å². The lowest BCUT2D eigenvalue weighted by Crippen LogP contribution is -2.36. The van der Waals surface area contributed by atoms with Crippen molar-refractivity contribution in [2.24, 2.45) is 0 Å². The second kappa shape index (κ2) is 15.8. The fraction of sp³-hybridized carbons (Fsp3) is 0.136. The second-order valence-corrected chi connectivity index (χ2v) is 15.1. The summed E-state index contributed by atoms with van der Waals surface area (Å²) in [7, 11) is 0. The maximum absolute atomic E-state index is 13.7. The lowest BCUT2D eigenvalue weighted by atomic mass is 9.83. The van der Waals surface area contributed by atoms with Crippen LogP contribution < -0.4 is 9.47 Å². The average Bonchev–Trinajstić information content (AvgIpc) is 3.25. The van der Waals surface area contributed by atoms with E-state index in [1.54, 1.807) is 0 Å². The van der Waals surface area contributed by atoms with Gasteiger partial charge in [0.1, 0.15) is 46.7 Å². The Morgan fingerprint density at radius 1 is 0.394 bits per heavy atom. The van der Waals surface area contributed by atoms with E-state index in [1.165, 1.54) is 0 Å². The zero-order valence-corrected chi connectivity index (χ0v) is 33.1. The molecule has 0 saturated carbocycles. The first-order valence-corrected chi connectivity index (χ1v) is 19.0. The fourth-order valence-corrected chi connectivity index (χ4v) is 7.79. The number of aromatic hydroxyl groups is 16. The minimum absolute atomic E-state index is 0.0847. The van der Waals surface area contributed by atoms with E-state index in [-0.39, 0.29) is 22.6 Å². The van der Waals surface area contributed by atoms with Gasteiger partial charge in [-0.2, -0.15) is 0 Å². The normalized spacial score (nSPS) is 17.4. The molecule has 6 aromatic rings. The van der Waals surface area contributed by atoms with Gasteiger partial charge < -0.3 is 101 Å². The number of ether oxygens (including phenoxy) is 4. The quantitative estimate of drug-likeness (QED) is 0.0777. The molecule has 6 aromatic carbocycles. The molecule has 0 saturated heterocycles. The number of hydrogen-bond donors (Lipinski definition) is 16. The molecule has 0 amide bonds. The molecule has 22 nitrogen and oxygen atoms in total. The summed E-state index contributed by atoms with van der Waals surface area (Å²) in [6.07, 6.45) is -8.25. The van der Waals surface area contributed by atoms with Crippen molar-refractivity contribution in [1.82, 2.24) is 0 Å². The molecule has 0 bridgehead atoms. The summed E-state index contributed by atoms with van der Waals surface area (Å²) in [4.78, 5) is 27.3. The summed E-state index contributed by atoms with van der Waals surface area (Å²) < 4.78 is 23.8. The number of phenols is 16. The molecule has 0 spiro atoms. The number of esters is 2. The van der Waals surface area contributed by atoms with Crippen molar-refractivity contribution in [3.63, 3.8) is 0 Å². The van der Waals surface area contributed by atoms with E-state index in [4.69, 9.17) is 18.9 Å². The molecular formula is C44H34O22. The number of carbonyl (C=O) groups excluding carboxylic acids is 2. The summed E-state index contributed by atoms with van der Waals surface area (Å²) in [5.41, 5.74) is -3.93. The average molecular weight is 915 g/mol. The standard InChI is InChI=1S/C44H34O22/c45-15-5-21(47)17-11-31(65-43(61)13-1-23(49)35(55)24(50)2-13)41(63-29(17)7-15)19-9-27(53)37(57)39(59)33(19)34-20(10-28(54)38(58)40(34)60)42-32(12-18-22(48)6-16(46)8-30(18)64-42)66-44(62)14-3-25(51)36(56)26(52)4-14/h1-10,31-32,41-42,45-60H,11-12H2/t31-,32+,41-,42-/m1/s1. The topological polar surface area (TPSA) is 395 Å². The number of phenolic OH excluding ortho intramolecular Hbond substituents is 16. The molecule has 0 aromatic heterocycles. The molecule has 2 aliphatic heterocycles. The van der Waals surface area contributed by atoms with Gasteiger partial charge in [-0.3, -0.25) is 0 Å². The Morgan fingerprint density at radius 3 is 1.05 bits per heavy atom. The van der Waals surface area contributed by atoms with Crippen LogP contribution in [0.1, 0.15) is 55.2 Å². The van der Waals surface area contributed by atoms with Gasteiger partial charge in [0, 0.05) is 70.5 Å². The van der Waals surface area contributed by atoms with Crippen molar-refractivity contribution in [3.05, 3.63) is 94.0 Å². The predicted molar refractivity (Wildman–Crippen MR) is 217 cm³/mol. The van der Waals surface area contributed by atoms with Gasteiger partial charge in [0.25, 0.3) is 0 Å². The minimum atomic E-state index is -1.87. The van der Waals surface area contributed by atoms with Crippen LogP contribution in [0.4, 0.5) is 0 Å². The highest BCUT2D eigenvalue weighted by molar-refractivity contribution is 5.93. The minimum Gasteiger partial charge on any atom is -0.508 e. The molecule has 0 radical (unpaired) electrons. The smallest absolute Gasteiger partial charge is 0.338 e. The highest BCUT2D eigenvalue weighted by Crippen LogP contribution is 2.58. The summed E-state index contributed by atoms with van der Waals surface area (Å²) in [5.74, 6) is -18.5. The van der Waals surface area contributed by atoms with Gasteiger partial charge >= 0.3 is 11.9 Å². The van der Waals surface area contributed by atoms with Crippen LogP contribution in [0.3, 0.4) is 0 Å². The molecule has 0 unspecified atom stereocenters. The molecule has 22 heteroatoms. The zero-order valence-electron chi connectivity index (χ0n) is 33.1. The van der Waals surface area contributed by atoms with Crippen molar-refractivity contribution < 1.29 is 110 Å². The summed E-state index contributed by atoms with van der Waals surface area (Å²) in [5, 5.41) is 170. The number of hydrogen-bond acceptors (Lipinski definition) is 22. The van der Waals surface area contributed by atoms with Crippen molar-refractivity contribution >= 4 is 11.9 Å². The van der Waals surface area contributed by atoms with Gasteiger partial charge in [-0.15, -0.1) is 0 Å². The van der Waals surface area contributed by atoms with Crippen molar-refractivity contribution in [3.8, 4) is 115 Å². The van der Waals surface area contributed by atoms with Crippen LogP contribution in [-0.2, 0) is 22.3 Å². The van der Waals surface area contributed by atoms with Crippen molar-refractivity contribution in [2.75, 3.05) is 0 Å². The van der Waals surface area contributed by atoms with E-state index in [0.717, 1.165) is 60.7 Å². The SMILES string of the molecule is O=C(O[C@H]1Cc2c(O)cc(O)cc2O[C@@H]1c1cc(O)c(O)c(O)c1-c1c([C@H]2Oc3cc(O)cc(O)c3C[C@H]2OC(=O)c2cc(O)c(O)c(O)c2)cc(O)c(O)c1O)c1cc(O)c(O)c(O)c1. The maximum atomic E-state index is 13.7. The number of benzene rings is 6. The third-order valence-electron chi connectivity index (χ3n) is 10.9. The van der Waals surface area contributed by atoms with Crippen LogP contribution in [0.5, 0.6) is 103 Å². The number of fused-ring (bicyclic) bond motifs is 2. The lowest BCUT2D eigenvalue weighted by molar-refractivity contribution is -0.0196. The predicted octanol–water partition coefficient (Wildman–Crippen LogP) is 4.45. The van der Waals surface area contributed by atoms with Gasteiger partial charge in [0.05, 0.1) is 11.1 Å². The van der Waals surface area contributed by atoms with Crippen LogP contribution in [-0.4, -0.2) is 106 Å². The molecule has 0 fully saturated rings. The highest BCUT2D eigenvalue weighted by Gasteiger charge is 2.44. The van der Waals surface area contributed by atoms with E-state index >= 15 is 0 Å². The second-order valence-electron chi connectivity index (χ2n) is 15.1. The van der Waals surface area contributed by atoms with Crippen LogP contribution >= 0.6 is 0 Å². The van der Waals surface area contributed by atoms with Crippen molar-refractivity contribution in [2.45, 2.75) is 37.3 Å².